The van der Waals surface area contributed by atoms with Crippen LogP contribution in [0.2, 0.25) is 0 Å². The Morgan fingerprint density at radius 1 is 0.929 bits per heavy atom. The van der Waals surface area contributed by atoms with E-state index in [9.17, 15) is 9.18 Å². The van der Waals surface area contributed by atoms with Crippen LogP contribution in [0.25, 0.3) is 5.57 Å². The monoisotopic (exact) mass is 394 g/mol. The van der Waals surface area contributed by atoms with Gasteiger partial charge in [-0.3, -0.25) is 0 Å². The Bertz CT molecular complexity index is 936. The molecule has 5 heteroatoms. The standard InChI is InChI=1S/C23H19FO3S/c24-19-8-6-18(7-9-19)22(17-4-2-1-3-5-17)14-15-28-21-12-10-20(11-13-21)27-16-23(25)26/h1-14H,15-16H2,(H,25,26). The quantitative estimate of drug-likeness (QED) is 0.512. The molecule has 0 aliphatic rings. The maximum absolute atomic E-state index is 13.3. The van der Waals surface area contributed by atoms with Crippen LogP contribution in [0.5, 0.6) is 5.75 Å². The van der Waals surface area contributed by atoms with Crippen molar-refractivity contribution in [3.63, 3.8) is 0 Å². The van der Waals surface area contributed by atoms with E-state index in [0.29, 0.717) is 5.75 Å². The van der Waals surface area contributed by atoms with Crippen LogP contribution < -0.4 is 4.74 Å². The predicted octanol–water partition coefficient (Wildman–Crippen LogP) is 5.51. The van der Waals surface area contributed by atoms with Gasteiger partial charge in [0.2, 0.25) is 0 Å². The number of carboxylic acids is 1. The zero-order valence-electron chi connectivity index (χ0n) is 15.0. The highest BCUT2D eigenvalue weighted by Gasteiger charge is 2.05. The molecule has 0 bridgehead atoms. The van der Waals surface area contributed by atoms with Crippen molar-refractivity contribution in [1.29, 1.82) is 0 Å². The third-order valence-corrected chi connectivity index (χ3v) is 4.90. The molecule has 3 nitrogen and oxygen atoms in total. The molecule has 3 aromatic carbocycles. The highest BCUT2D eigenvalue weighted by molar-refractivity contribution is 7.99. The van der Waals surface area contributed by atoms with Crippen LogP contribution in [-0.2, 0) is 4.79 Å². The zero-order valence-corrected chi connectivity index (χ0v) is 15.9. The van der Waals surface area contributed by atoms with Crippen molar-refractivity contribution < 1.29 is 19.0 Å². The number of hydrogen-bond donors (Lipinski definition) is 1. The summed E-state index contributed by atoms with van der Waals surface area (Å²) in [6, 6.07) is 23.8. The average molecular weight is 394 g/mol. The third-order valence-electron chi connectivity index (χ3n) is 3.96. The molecule has 0 amide bonds. The number of ether oxygens (including phenoxy) is 1. The van der Waals surface area contributed by atoms with E-state index in [1.165, 1.54) is 12.1 Å². The highest BCUT2D eigenvalue weighted by Crippen LogP contribution is 2.27. The highest BCUT2D eigenvalue weighted by atomic mass is 32.2. The Kier molecular flexibility index (Phi) is 6.87. The van der Waals surface area contributed by atoms with E-state index in [0.717, 1.165) is 27.3 Å². The number of hydrogen-bond acceptors (Lipinski definition) is 3. The van der Waals surface area contributed by atoms with E-state index in [1.54, 1.807) is 36.0 Å². The zero-order chi connectivity index (χ0) is 19.8. The van der Waals surface area contributed by atoms with Crippen LogP contribution in [0.1, 0.15) is 11.1 Å². The fraction of sp³-hybridized carbons (Fsp3) is 0.0870. The van der Waals surface area contributed by atoms with Gasteiger partial charge in [0, 0.05) is 10.6 Å². The van der Waals surface area contributed by atoms with Gasteiger partial charge in [0.25, 0.3) is 0 Å². The van der Waals surface area contributed by atoms with Crippen LogP contribution >= 0.6 is 11.8 Å². The molecule has 0 atom stereocenters. The lowest BCUT2D eigenvalue weighted by Crippen LogP contribution is -2.09. The molecule has 3 aromatic rings. The van der Waals surface area contributed by atoms with Gasteiger partial charge in [-0.05, 0) is 53.1 Å². The summed E-state index contributed by atoms with van der Waals surface area (Å²) >= 11 is 1.65. The first-order valence-electron chi connectivity index (χ1n) is 8.71. The van der Waals surface area contributed by atoms with Crippen LogP contribution in [0.4, 0.5) is 4.39 Å². The van der Waals surface area contributed by atoms with Gasteiger partial charge in [-0.1, -0.05) is 48.5 Å². The average Bonchev–Trinajstić information content (AvgIpc) is 2.72. The van der Waals surface area contributed by atoms with E-state index in [4.69, 9.17) is 9.84 Å². The largest absolute Gasteiger partial charge is 0.482 e. The van der Waals surface area contributed by atoms with E-state index in [2.05, 4.69) is 6.08 Å². The summed E-state index contributed by atoms with van der Waals surface area (Å²) < 4.78 is 18.4. The molecule has 28 heavy (non-hydrogen) atoms. The molecular formula is C23H19FO3S. The third kappa shape index (κ3) is 5.72. The minimum absolute atomic E-state index is 0.254. The summed E-state index contributed by atoms with van der Waals surface area (Å²) in [6.45, 7) is -0.354. The van der Waals surface area contributed by atoms with Crippen molar-refractivity contribution in [2.45, 2.75) is 4.90 Å². The van der Waals surface area contributed by atoms with Gasteiger partial charge in [-0.25, -0.2) is 9.18 Å². The number of aliphatic carboxylic acids is 1. The van der Waals surface area contributed by atoms with Gasteiger partial charge in [0.1, 0.15) is 11.6 Å². The number of carboxylic acid groups (broad SMARTS) is 1. The normalized spacial score (nSPS) is 11.2. The smallest absolute Gasteiger partial charge is 0.341 e. The van der Waals surface area contributed by atoms with Gasteiger partial charge >= 0.3 is 5.97 Å². The summed E-state index contributed by atoms with van der Waals surface area (Å²) in [6.07, 6.45) is 2.13. The minimum atomic E-state index is -1.00. The molecule has 0 spiro atoms. The number of rotatable bonds is 8. The molecule has 0 aromatic heterocycles. The van der Waals surface area contributed by atoms with Crippen molar-refractivity contribution >= 4 is 23.3 Å². The lowest BCUT2D eigenvalue weighted by Gasteiger charge is -2.09. The van der Waals surface area contributed by atoms with E-state index in [-0.39, 0.29) is 12.4 Å². The molecule has 0 heterocycles. The number of halogens is 1. The summed E-state index contributed by atoms with van der Waals surface area (Å²) in [5.41, 5.74) is 3.09. The second-order valence-corrected chi connectivity index (χ2v) is 7.05. The van der Waals surface area contributed by atoms with E-state index in [1.807, 2.05) is 42.5 Å². The van der Waals surface area contributed by atoms with Crippen molar-refractivity contribution in [1.82, 2.24) is 0 Å². The van der Waals surface area contributed by atoms with Crippen LogP contribution in [0.3, 0.4) is 0 Å². The summed E-state index contributed by atoms with van der Waals surface area (Å²) in [5, 5.41) is 8.64. The Balaban J connectivity index is 1.71. The molecule has 0 aliphatic carbocycles. The summed E-state index contributed by atoms with van der Waals surface area (Å²) in [5.74, 6) is 0.00357. The molecule has 0 radical (unpaired) electrons. The Labute approximate surface area is 167 Å². The Hall–Kier alpha value is -3.05. The molecule has 0 unspecified atom stereocenters. The first kappa shape index (κ1) is 19.7. The van der Waals surface area contributed by atoms with Crippen molar-refractivity contribution in [3.05, 3.63) is 102 Å². The maximum Gasteiger partial charge on any atom is 0.341 e. The lowest BCUT2D eigenvalue weighted by atomic mass is 9.98. The van der Waals surface area contributed by atoms with Crippen LogP contribution in [0.15, 0.2) is 89.8 Å². The van der Waals surface area contributed by atoms with Crippen molar-refractivity contribution in [3.8, 4) is 5.75 Å². The van der Waals surface area contributed by atoms with E-state index >= 15 is 0 Å². The molecular weight excluding hydrogens is 375 g/mol. The van der Waals surface area contributed by atoms with Crippen molar-refractivity contribution in [2.75, 3.05) is 12.4 Å². The van der Waals surface area contributed by atoms with Crippen LogP contribution in [-0.4, -0.2) is 23.4 Å². The SMILES string of the molecule is O=C(O)COc1ccc(SCC=C(c2ccccc2)c2ccc(F)cc2)cc1. The molecule has 0 fully saturated rings. The molecule has 3 rings (SSSR count). The molecule has 1 N–H and O–H groups in total. The molecule has 0 saturated carbocycles. The van der Waals surface area contributed by atoms with Gasteiger partial charge in [-0.15, -0.1) is 11.8 Å². The fourth-order valence-corrected chi connectivity index (χ4v) is 3.42. The Morgan fingerprint density at radius 2 is 1.57 bits per heavy atom. The van der Waals surface area contributed by atoms with Gasteiger partial charge in [0.15, 0.2) is 6.61 Å². The van der Waals surface area contributed by atoms with Gasteiger partial charge < -0.3 is 9.84 Å². The second-order valence-electron chi connectivity index (χ2n) is 5.96. The number of carbonyl (C=O) groups is 1. The first-order chi connectivity index (χ1) is 13.6. The summed E-state index contributed by atoms with van der Waals surface area (Å²) in [4.78, 5) is 11.6. The Morgan fingerprint density at radius 3 is 2.21 bits per heavy atom. The van der Waals surface area contributed by atoms with Gasteiger partial charge in [0.05, 0.1) is 0 Å². The fourth-order valence-electron chi connectivity index (χ4n) is 2.65. The lowest BCUT2D eigenvalue weighted by molar-refractivity contribution is -0.139. The van der Waals surface area contributed by atoms with Crippen molar-refractivity contribution in [2.24, 2.45) is 0 Å². The topological polar surface area (TPSA) is 46.5 Å². The predicted molar refractivity (Wildman–Crippen MR) is 110 cm³/mol. The second kappa shape index (κ2) is 9.76. The molecule has 142 valence electrons. The number of thioether (sulfide) groups is 1. The van der Waals surface area contributed by atoms with Gasteiger partial charge in [-0.2, -0.15) is 0 Å². The molecule has 0 aliphatic heterocycles. The number of benzene rings is 3. The molecule has 0 saturated heterocycles. The summed E-state index contributed by atoms with van der Waals surface area (Å²) in [7, 11) is 0. The van der Waals surface area contributed by atoms with E-state index < -0.39 is 5.97 Å². The first-order valence-corrected chi connectivity index (χ1v) is 9.69. The minimum Gasteiger partial charge on any atom is -0.482 e. The maximum atomic E-state index is 13.3. The van der Waals surface area contributed by atoms with Crippen LogP contribution in [0, 0.1) is 5.82 Å².